The van der Waals surface area contributed by atoms with Crippen LogP contribution in [-0.4, -0.2) is 20.3 Å². The van der Waals surface area contributed by atoms with Gasteiger partial charge in [-0.2, -0.15) is 0 Å². The van der Waals surface area contributed by atoms with Crippen LogP contribution in [0.1, 0.15) is 36.7 Å². The van der Waals surface area contributed by atoms with Crippen molar-refractivity contribution in [2.75, 3.05) is 5.75 Å². The number of hydrogen-bond donors (Lipinski definition) is 1. The Hall–Kier alpha value is -1.33. The number of thioether (sulfide) groups is 1. The van der Waals surface area contributed by atoms with Crippen LogP contribution in [0.15, 0.2) is 29.4 Å². The van der Waals surface area contributed by atoms with E-state index < -0.39 is 0 Å². The summed E-state index contributed by atoms with van der Waals surface area (Å²) < 4.78 is 2.18. The highest BCUT2D eigenvalue weighted by atomic mass is 32.2. The lowest BCUT2D eigenvalue weighted by Crippen LogP contribution is -2.16. The first kappa shape index (κ1) is 14.6. The molecule has 3 nitrogen and oxygen atoms in total. The fourth-order valence-corrected chi connectivity index (χ4v) is 4.04. The molecule has 2 aromatic rings. The summed E-state index contributed by atoms with van der Waals surface area (Å²) in [7, 11) is 0. The van der Waals surface area contributed by atoms with Crippen LogP contribution in [-0.2, 0) is 12.8 Å². The number of benzene rings is 1. The van der Waals surface area contributed by atoms with Crippen LogP contribution in [0.25, 0.3) is 5.69 Å². The molecule has 0 spiro atoms. The summed E-state index contributed by atoms with van der Waals surface area (Å²) in [5.74, 6) is 1.00. The molecule has 1 aliphatic rings. The van der Waals surface area contributed by atoms with Crippen molar-refractivity contribution in [3.63, 3.8) is 0 Å². The molecule has 0 amide bonds. The van der Waals surface area contributed by atoms with Gasteiger partial charge in [-0.25, -0.2) is 4.98 Å². The number of aromatic nitrogens is 2. The van der Waals surface area contributed by atoms with Gasteiger partial charge in [0, 0.05) is 16.2 Å². The number of thiocarbonyl (C=S) groups is 1. The molecular weight excluding hydrogens is 298 g/mol. The Balaban J connectivity index is 2.16. The SMILES string of the molecule is CCSc1cccc(-n2cnc3c2CCCC3)c1C(N)=S. The first-order valence-electron chi connectivity index (χ1n) is 7.33. The minimum atomic E-state index is 0.458. The molecule has 0 fully saturated rings. The van der Waals surface area contributed by atoms with Crippen molar-refractivity contribution in [1.82, 2.24) is 9.55 Å². The Morgan fingerprint density at radius 2 is 2.19 bits per heavy atom. The second-order valence-electron chi connectivity index (χ2n) is 5.16. The third kappa shape index (κ3) is 2.72. The van der Waals surface area contributed by atoms with E-state index in [1.165, 1.54) is 24.2 Å². The predicted octanol–water partition coefficient (Wildman–Crippen LogP) is 3.50. The molecule has 21 heavy (non-hydrogen) atoms. The third-order valence-electron chi connectivity index (χ3n) is 3.84. The van der Waals surface area contributed by atoms with E-state index in [9.17, 15) is 0 Å². The molecule has 0 radical (unpaired) electrons. The Morgan fingerprint density at radius 1 is 1.38 bits per heavy atom. The smallest absolute Gasteiger partial charge is 0.107 e. The molecule has 5 heteroatoms. The van der Waals surface area contributed by atoms with Crippen molar-refractivity contribution in [3.8, 4) is 5.69 Å². The van der Waals surface area contributed by atoms with Crippen LogP contribution in [0.5, 0.6) is 0 Å². The van der Waals surface area contributed by atoms with Crippen LogP contribution in [0.2, 0.25) is 0 Å². The monoisotopic (exact) mass is 317 g/mol. The quantitative estimate of drug-likeness (QED) is 0.692. The standard InChI is InChI=1S/C16H19N3S2/c1-2-21-14-9-5-8-13(15(14)16(17)20)19-10-18-11-6-3-4-7-12(11)19/h5,8-10H,2-4,6-7H2,1H3,(H2,17,20). The zero-order valence-electron chi connectivity index (χ0n) is 12.1. The first-order chi connectivity index (χ1) is 10.2. The molecule has 1 heterocycles. The lowest BCUT2D eigenvalue weighted by atomic mass is 10.0. The highest BCUT2D eigenvalue weighted by Gasteiger charge is 2.19. The zero-order chi connectivity index (χ0) is 14.8. The molecule has 0 saturated carbocycles. The zero-order valence-corrected chi connectivity index (χ0v) is 13.8. The summed E-state index contributed by atoms with van der Waals surface area (Å²) in [4.78, 5) is 6.19. The number of nitrogens with two attached hydrogens (primary N) is 1. The Bertz CT molecular complexity index is 676. The molecule has 1 aliphatic carbocycles. The Morgan fingerprint density at radius 3 is 2.95 bits per heavy atom. The number of aryl methyl sites for hydroxylation is 1. The van der Waals surface area contributed by atoms with E-state index in [1.807, 2.05) is 6.33 Å². The first-order valence-corrected chi connectivity index (χ1v) is 8.72. The topological polar surface area (TPSA) is 43.8 Å². The summed E-state index contributed by atoms with van der Waals surface area (Å²) in [6.07, 6.45) is 6.54. The fraction of sp³-hybridized carbons (Fsp3) is 0.375. The molecule has 0 saturated heterocycles. The van der Waals surface area contributed by atoms with E-state index in [-0.39, 0.29) is 0 Å². The number of nitrogens with zero attached hydrogens (tertiary/aromatic N) is 2. The van der Waals surface area contributed by atoms with Gasteiger partial charge in [0.25, 0.3) is 0 Å². The van der Waals surface area contributed by atoms with Crippen molar-refractivity contribution < 1.29 is 0 Å². The molecule has 3 rings (SSSR count). The minimum Gasteiger partial charge on any atom is -0.389 e. The molecular formula is C16H19N3S2. The van der Waals surface area contributed by atoms with Gasteiger partial charge in [0.1, 0.15) is 4.99 Å². The van der Waals surface area contributed by atoms with Gasteiger partial charge in [-0.15, -0.1) is 11.8 Å². The summed E-state index contributed by atoms with van der Waals surface area (Å²) in [6, 6.07) is 6.25. The van der Waals surface area contributed by atoms with Crippen molar-refractivity contribution in [2.45, 2.75) is 37.5 Å². The van der Waals surface area contributed by atoms with E-state index in [2.05, 4.69) is 34.7 Å². The van der Waals surface area contributed by atoms with Gasteiger partial charge in [-0.3, -0.25) is 0 Å². The summed E-state index contributed by atoms with van der Waals surface area (Å²) in [6.45, 7) is 2.14. The maximum Gasteiger partial charge on any atom is 0.107 e. The normalized spacial score (nSPS) is 14.0. The van der Waals surface area contributed by atoms with Gasteiger partial charge in [-0.1, -0.05) is 25.2 Å². The largest absolute Gasteiger partial charge is 0.389 e. The van der Waals surface area contributed by atoms with Crippen LogP contribution in [0, 0.1) is 0 Å². The summed E-state index contributed by atoms with van der Waals surface area (Å²) >= 11 is 7.09. The van der Waals surface area contributed by atoms with E-state index in [4.69, 9.17) is 18.0 Å². The van der Waals surface area contributed by atoms with Gasteiger partial charge in [0.2, 0.25) is 0 Å². The number of hydrogen-bond acceptors (Lipinski definition) is 3. The maximum absolute atomic E-state index is 6.01. The summed E-state index contributed by atoms with van der Waals surface area (Å²) in [5, 5.41) is 0. The number of imidazole rings is 1. The maximum atomic E-state index is 6.01. The van der Waals surface area contributed by atoms with Crippen molar-refractivity contribution in [2.24, 2.45) is 5.73 Å². The highest BCUT2D eigenvalue weighted by Crippen LogP contribution is 2.30. The Labute approximate surface area is 134 Å². The van der Waals surface area contributed by atoms with E-state index in [0.717, 1.165) is 34.7 Å². The third-order valence-corrected chi connectivity index (χ3v) is 4.98. The molecule has 0 atom stereocenters. The van der Waals surface area contributed by atoms with Crippen molar-refractivity contribution in [3.05, 3.63) is 41.5 Å². The highest BCUT2D eigenvalue weighted by molar-refractivity contribution is 7.99. The second-order valence-corrected chi connectivity index (χ2v) is 6.91. The molecule has 2 N–H and O–H groups in total. The average molecular weight is 317 g/mol. The second kappa shape index (κ2) is 6.20. The minimum absolute atomic E-state index is 0.458. The van der Waals surface area contributed by atoms with Gasteiger partial charge >= 0.3 is 0 Å². The molecule has 110 valence electrons. The Kier molecular flexibility index (Phi) is 4.31. The fourth-order valence-electron chi connectivity index (χ4n) is 2.92. The average Bonchev–Trinajstić information content (AvgIpc) is 2.91. The van der Waals surface area contributed by atoms with Crippen LogP contribution >= 0.6 is 24.0 Å². The van der Waals surface area contributed by atoms with Gasteiger partial charge in [0.05, 0.1) is 17.7 Å². The van der Waals surface area contributed by atoms with Crippen molar-refractivity contribution >= 4 is 29.0 Å². The van der Waals surface area contributed by atoms with Crippen LogP contribution in [0.4, 0.5) is 0 Å². The van der Waals surface area contributed by atoms with E-state index >= 15 is 0 Å². The van der Waals surface area contributed by atoms with Gasteiger partial charge in [0.15, 0.2) is 0 Å². The molecule has 1 aromatic carbocycles. The lowest BCUT2D eigenvalue weighted by molar-refractivity contribution is 0.656. The lowest BCUT2D eigenvalue weighted by Gasteiger charge is -2.18. The van der Waals surface area contributed by atoms with Crippen LogP contribution < -0.4 is 5.73 Å². The molecule has 0 bridgehead atoms. The van der Waals surface area contributed by atoms with E-state index in [0.29, 0.717) is 4.99 Å². The molecule has 0 aliphatic heterocycles. The molecule has 1 aromatic heterocycles. The van der Waals surface area contributed by atoms with Crippen molar-refractivity contribution in [1.29, 1.82) is 0 Å². The van der Waals surface area contributed by atoms with Gasteiger partial charge < -0.3 is 10.3 Å². The van der Waals surface area contributed by atoms with Gasteiger partial charge in [-0.05, 0) is 43.6 Å². The number of rotatable bonds is 4. The summed E-state index contributed by atoms with van der Waals surface area (Å²) in [5.41, 5.74) is 10.6. The van der Waals surface area contributed by atoms with E-state index in [1.54, 1.807) is 11.8 Å². The number of fused-ring (bicyclic) bond motifs is 1. The predicted molar refractivity (Wildman–Crippen MR) is 92.5 cm³/mol. The van der Waals surface area contributed by atoms with Crippen LogP contribution in [0.3, 0.4) is 0 Å². The molecule has 0 unspecified atom stereocenters.